The maximum atomic E-state index is 9.11. The van der Waals surface area contributed by atoms with Crippen molar-refractivity contribution >= 4 is 12.4 Å². The van der Waals surface area contributed by atoms with Gasteiger partial charge in [0.1, 0.15) is 5.75 Å². The fourth-order valence-corrected chi connectivity index (χ4v) is 0.810. The maximum absolute atomic E-state index is 9.11. The number of para-hydroxylation sites is 1. The average Bonchev–Trinajstić information content (AvgIpc) is 1.89. The summed E-state index contributed by atoms with van der Waals surface area (Å²) in [6.07, 6.45) is 0.896. The molecule has 0 aliphatic carbocycles. The standard InChI is InChI=1S/C8H10O.ClH/c1-2-7-5-3-4-6-8(7)9;/h3-6,9H,2H2,1H3;1H. The monoisotopic (exact) mass is 158 g/mol. The molecule has 1 aromatic carbocycles. The van der Waals surface area contributed by atoms with Gasteiger partial charge in [0.25, 0.3) is 0 Å². The molecule has 1 rings (SSSR count). The fraction of sp³-hybridized carbons (Fsp3) is 0.250. The second-order valence-corrected chi connectivity index (χ2v) is 1.98. The van der Waals surface area contributed by atoms with Gasteiger partial charge in [0, 0.05) is 0 Å². The number of aryl methyl sites for hydroxylation is 1. The number of aromatic hydroxyl groups is 1. The zero-order valence-electron chi connectivity index (χ0n) is 5.87. The van der Waals surface area contributed by atoms with Gasteiger partial charge in [-0.1, -0.05) is 25.1 Å². The van der Waals surface area contributed by atoms with Crippen LogP contribution in [0.5, 0.6) is 5.75 Å². The SMILES string of the molecule is CCc1ccccc1O.Cl. The van der Waals surface area contributed by atoms with E-state index in [1.807, 2.05) is 25.1 Å². The molecule has 1 aromatic rings. The van der Waals surface area contributed by atoms with Crippen LogP contribution in [0.2, 0.25) is 0 Å². The Balaban J connectivity index is 0.000000810. The largest absolute Gasteiger partial charge is 0.508 e. The molecule has 0 saturated carbocycles. The summed E-state index contributed by atoms with van der Waals surface area (Å²) in [4.78, 5) is 0. The highest BCUT2D eigenvalue weighted by molar-refractivity contribution is 5.85. The molecule has 56 valence electrons. The Bertz CT molecular complexity index is 198. The highest BCUT2D eigenvalue weighted by atomic mass is 35.5. The van der Waals surface area contributed by atoms with Gasteiger partial charge in [-0.15, -0.1) is 12.4 Å². The predicted molar refractivity (Wildman–Crippen MR) is 44.7 cm³/mol. The number of phenols is 1. The first-order chi connectivity index (χ1) is 4.34. The van der Waals surface area contributed by atoms with Gasteiger partial charge in [-0.3, -0.25) is 0 Å². The van der Waals surface area contributed by atoms with E-state index in [-0.39, 0.29) is 12.4 Å². The Kier molecular flexibility index (Phi) is 3.89. The van der Waals surface area contributed by atoms with Crippen LogP contribution in [-0.2, 0) is 6.42 Å². The number of halogens is 1. The first-order valence-electron chi connectivity index (χ1n) is 3.11. The van der Waals surface area contributed by atoms with Crippen LogP contribution < -0.4 is 0 Å². The van der Waals surface area contributed by atoms with E-state index >= 15 is 0 Å². The van der Waals surface area contributed by atoms with Gasteiger partial charge in [0.15, 0.2) is 0 Å². The zero-order valence-corrected chi connectivity index (χ0v) is 6.69. The Hall–Kier alpha value is -0.690. The lowest BCUT2D eigenvalue weighted by molar-refractivity contribution is 0.469. The van der Waals surface area contributed by atoms with Crippen LogP contribution in [0.3, 0.4) is 0 Å². The number of hydrogen-bond acceptors (Lipinski definition) is 1. The minimum Gasteiger partial charge on any atom is -0.508 e. The third-order valence-corrected chi connectivity index (χ3v) is 1.37. The number of hydrogen-bond donors (Lipinski definition) is 1. The van der Waals surface area contributed by atoms with E-state index < -0.39 is 0 Å². The highest BCUT2D eigenvalue weighted by Gasteiger charge is 1.92. The van der Waals surface area contributed by atoms with E-state index in [0.717, 1.165) is 12.0 Å². The van der Waals surface area contributed by atoms with Crippen molar-refractivity contribution in [3.8, 4) is 5.75 Å². The third kappa shape index (κ3) is 1.92. The molecule has 0 radical (unpaired) electrons. The van der Waals surface area contributed by atoms with Crippen LogP contribution in [0.25, 0.3) is 0 Å². The van der Waals surface area contributed by atoms with E-state index in [9.17, 15) is 0 Å². The third-order valence-electron chi connectivity index (χ3n) is 1.37. The van der Waals surface area contributed by atoms with Crippen LogP contribution in [0, 0.1) is 0 Å². The normalized spacial score (nSPS) is 8.50. The zero-order chi connectivity index (χ0) is 6.69. The Labute approximate surface area is 67.1 Å². The Morgan fingerprint density at radius 2 is 1.90 bits per heavy atom. The van der Waals surface area contributed by atoms with Crippen molar-refractivity contribution in [2.75, 3.05) is 0 Å². The first-order valence-corrected chi connectivity index (χ1v) is 3.11. The summed E-state index contributed by atoms with van der Waals surface area (Å²) < 4.78 is 0. The molecule has 0 aromatic heterocycles. The summed E-state index contributed by atoms with van der Waals surface area (Å²) >= 11 is 0. The van der Waals surface area contributed by atoms with Crippen molar-refractivity contribution < 1.29 is 5.11 Å². The lowest BCUT2D eigenvalue weighted by Crippen LogP contribution is -1.77. The summed E-state index contributed by atoms with van der Waals surface area (Å²) in [7, 11) is 0. The van der Waals surface area contributed by atoms with Crippen molar-refractivity contribution in [2.45, 2.75) is 13.3 Å². The average molecular weight is 159 g/mol. The minimum absolute atomic E-state index is 0. The van der Waals surface area contributed by atoms with Gasteiger partial charge >= 0.3 is 0 Å². The van der Waals surface area contributed by atoms with Crippen molar-refractivity contribution in [3.63, 3.8) is 0 Å². The Morgan fingerprint density at radius 3 is 2.30 bits per heavy atom. The summed E-state index contributed by atoms with van der Waals surface area (Å²) in [6.45, 7) is 2.02. The second kappa shape index (κ2) is 4.18. The molecule has 0 bridgehead atoms. The first kappa shape index (κ1) is 9.31. The van der Waals surface area contributed by atoms with Crippen LogP contribution in [0.15, 0.2) is 24.3 Å². The molecular formula is C8H11ClO. The summed E-state index contributed by atoms with van der Waals surface area (Å²) in [5.41, 5.74) is 1.01. The van der Waals surface area contributed by atoms with E-state index in [4.69, 9.17) is 5.11 Å². The van der Waals surface area contributed by atoms with E-state index in [1.165, 1.54) is 0 Å². The summed E-state index contributed by atoms with van der Waals surface area (Å²) in [6, 6.07) is 7.39. The molecule has 0 unspecified atom stereocenters. The van der Waals surface area contributed by atoms with Gasteiger partial charge in [-0.25, -0.2) is 0 Å². The van der Waals surface area contributed by atoms with Gasteiger partial charge in [0.2, 0.25) is 0 Å². The molecule has 0 atom stereocenters. The van der Waals surface area contributed by atoms with Crippen LogP contribution in [0.4, 0.5) is 0 Å². The molecular weight excluding hydrogens is 148 g/mol. The van der Waals surface area contributed by atoms with Crippen LogP contribution >= 0.6 is 12.4 Å². The lowest BCUT2D eigenvalue weighted by atomic mass is 10.1. The highest BCUT2D eigenvalue weighted by Crippen LogP contribution is 2.14. The molecule has 0 fully saturated rings. The van der Waals surface area contributed by atoms with Crippen LogP contribution in [-0.4, -0.2) is 5.11 Å². The van der Waals surface area contributed by atoms with E-state index in [1.54, 1.807) is 6.07 Å². The molecule has 0 aliphatic heterocycles. The molecule has 10 heavy (non-hydrogen) atoms. The number of phenolic OH excluding ortho intramolecular Hbond substituents is 1. The lowest BCUT2D eigenvalue weighted by Gasteiger charge is -1.97. The van der Waals surface area contributed by atoms with E-state index in [2.05, 4.69) is 0 Å². The van der Waals surface area contributed by atoms with Crippen molar-refractivity contribution in [3.05, 3.63) is 29.8 Å². The molecule has 0 aliphatic rings. The molecule has 0 saturated heterocycles. The Morgan fingerprint density at radius 1 is 1.30 bits per heavy atom. The quantitative estimate of drug-likeness (QED) is 0.666. The smallest absolute Gasteiger partial charge is 0.118 e. The molecule has 0 amide bonds. The molecule has 0 spiro atoms. The molecule has 1 nitrogen and oxygen atoms in total. The predicted octanol–water partition coefficient (Wildman–Crippen LogP) is 2.38. The maximum Gasteiger partial charge on any atom is 0.118 e. The van der Waals surface area contributed by atoms with Gasteiger partial charge < -0.3 is 5.11 Å². The van der Waals surface area contributed by atoms with Gasteiger partial charge in [0.05, 0.1) is 0 Å². The van der Waals surface area contributed by atoms with Crippen molar-refractivity contribution in [1.29, 1.82) is 0 Å². The van der Waals surface area contributed by atoms with Crippen molar-refractivity contribution in [1.82, 2.24) is 0 Å². The fourth-order valence-electron chi connectivity index (χ4n) is 0.810. The van der Waals surface area contributed by atoms with Crippen molar-refractivity contribution in [2.24, 2.45) is 0 Å². The number of benzene rings is 1. The van der Waals surface area contributed by atoms with Gasteiger partial charge in [-0.2, -0.15) is 0 Å². The molecule has 1 N–H and O–H groups in total. The summed E-state index contributed by atoms with van der Waals surface area (Å²) in [5.74, 6) is 0.403. The van der Waals surface area contributed by atoms with Gasteiger partial charge in [-0.05, 0) is 18.1 Å². The minimum atomic E-state index is 0. The number of rotatable bonds is 1. The summed E-state index contributed by atoms with van der Waals surface area (Å²) in [5, 5.41) is 9.11. The molecule has 0 heterocycles. The topological polar surface area (TPSA) is 20.2 Å². The second-order valence-electron chi connectivity index (χ2n) is 1.98. The van der Waals surface area contributed by atoms with Crippen LogP contribution in [0.1, 0.15) is 12.5 Å². The van der Waals surface area contributed by atoms with E-state index in [0.29, 0.717) is 5.75 Å². The molecule has 2 heteroatoms.